The van der Waals surface area contributed by atoms with Gasteiger partial charge in [-0.3, -0.25) is 14.5 Å². The second-order valence-corrected chi connectivity index (χ2v) is 8.23. The minimum atomic E-state index is -0.217. The first-order valence-corrected chi connectivity index (χ1v) is 10.8. The van der Waals surface area contributed by atoms with Gasteiger partial charge in [-0.25, -0.2) is 4.98 Å². The third kappa shape index (κ3) is 6.62. The van der Waals surface area contributed by atoms with Crippen molar-refractivity contribution in [2.45, 2.75) is 20.4 Å². The normalized spacial score (nSPS) is 13.7. The molecule has 1 saturated heterocycles. The summed E-state index contributed by atoms with van der Waals surface area (Å²) in [7, 11) is 2.00. The number of benzene rings is 2. The van der Waals surface area contributed by atoms with E-state index in [0.29, 0.717) is 11.4 Å². The number of hydrogen-bond acceptors (Lipinski definition) is 5. The number of carbonyl (C=O) groups is 2. The minimum Gasteiger partial charge on any atom is -0.484 e. The lowest BCUT2D eigenvalue weighted by atomic mass is 10.2. The minimum absolute atomic E-state index is 0. The van der Waals surface area contributed by atoms with Crippen molar-refractivity contribution in [1.29, 1.82) is 0 Å². The molecular weight excluding hydrogens is 477 g/mol. The summed E-state index contributed by atoms with van der Waals surface area (Å²) in [6.07, 6.45) is 0. The molecule has 0 saturated carbocycles. The summed E-state index contributed by atoms with van der Waals surface area (Å²) in [6.45, 7) is 7.45. The number of amides is 2. The molecule has 184 valence electrons. The molecule has 4 rings (SSSR count). The van der Waals surface area contributed by atoms with E-state index in [0.717, 1.165) is 55.1 Å². The van der Waals surface area contributed by atoms with Gasteiger partial charge in [0.25, 0.3) is 5.91 Å². The molecule has 0 aliphatic carbocycles. The fraction of sp³-hybridized carbons (Fsp3) is 0.375. The Morgan fingerprint density at radius 1 is 1.06 bits per heavy atom. The monoisotopic (exact) mass is 507 g/mol. The molecule has 0 bridgehead atoms. The first-order valence-electron chi connectivity index (χ1n) is 10.8. The summed E-state index contributed by atoms with van der Waals surface area (Å²) in [6, 6.07) is 13.3. The molecule has 34 heavy (non-hydrogen) atoms. The average Bonchev–Trinajstić information content (AvgIpc) is 3.07. The van der Waals surface area contributed by atoms with Crippen molar-refractivity contribution < 1.29 is 14.3 Å². The highest BCUT2D eigenvalue weighted by Gasteiger charge is 2.20. The van der Waals surface area contributed by atoms with Crippen molar-refractivity contribution in [1.82, 2.24) is 19.4 Å². The van der Waals surface area contributed by atoms with Gasteiger partial charge in [-0.1, -0.05) is 12.1 Å². The molecule has 2 aromatic carbocycles. The summed E-state index contributed by atoms with van der Waals surface area (Å²) in [5.74, 6) is 1.55. The highest BCUT2D eigenvalue weighted by molar-refractivity contribution is 5.94. The lowest BCUT2D eigenvalue weighted by Gasteiger charge is -2.33. The molecular formula is C24H31Cl2N5O3. The van der Waals surface area contributed by atoms with Crippen LogP contribution in [0.2, 0.25) is 0 Å². The summed E-state index contributed by atoms with van der Waals surface area (Å²) in [4.78, 5) is 32.8. The van der Waals surface area contributed by atoms with Crippen LogP contribution in [0.15, 0.2) is 42.5 Å². The molecule has 0 radical (unpaired) electrons. The molecule has 1 aromatic heterocycles. The van der Waals surface area contributed by atoms with Crippen LogP contribution < -0.4 is 10.1 Å². The van der Waals surface area contributed by atoms with E-state index < -0.39 is 0 Å². The Labute approximate surface area is 212 Å². The van der Waals surface area contributed by atoms with E-state index in [4.69, 9.17) is 9.72 Å². The Bertz CT molecular complexity index is 1140. The summed E-state index contributed by atoms with van der Waals surface area (Å²) in [5, 5.41) is 2.88. The standard InChI is InChI=1S/C24H29N5O3.2ClH/c1-17-5-4-6-20(13-17)32-16-24(31)25-19-7-8-22-21(14-19)26-23(27(22)3)15-28-9-11-29(12-10-28)18(2)30;;/h4-8,13-14H,9-12,15-16H2,1-3H3,(H,25,31);2*1H. The number of fused-ring (bicyclic) bond motifs is 1. The van der Waals surface area contributed by atoms with Crippen molar-refractivity contribution in [2.24, 2.45) is 7.05 Å². The van der Waals surface area contributed by atoms with Crippen LogP contribution in [0.1, 0.15) is 18.3 Å². The third-order valence-electron chi connectivity index (χ3n) is 5.80. The number of anilines is 1. The lowest BCUT2D eigenvalue weighted by molar-refractivity contribution is -0.130. The van der Waals surface area contributed by atoms with Crippen LogP contribution >= 0.6 is 24.8 Å². The van der Waals surface area contributed by atoms with Gasteiger partial charge in [-0.05, 0) is 42.8 Å². The Morgan fingerprint density at radius 2 is 1.79 bits per heavy atom. The van der Waals surface area contributed by atoms with Crippen molar-refractivity contribution in [3.8, 4) is 5.75 Å². The maximum atomic E-state index is 12.3. The van der Waals surface area contributed by atoms with Gasteiger partial charge in [0.2, 0.25) is 5.91 Å². The maximum absolute atomic E-state index is 12.3. The number of halogens is 2. The predicted molar refractivity (Wildman–Crippen MR) is 138 cm³/mol. The van der Waals surface area contributed by atoms with Gasteiger partial charge in [-0.2, -0.15) is 0 Å². The number of ether oxygens (including phenoxy) is 1. The molecule has 1 N–H and O–H groups in total. The smallest absolute Gasteiger partial charge is 0.262 e. The molecule has 8 nitrogen and oxygen atoms in total. The van der Waals surface area contributed by atoms with Gasteiger partial charge < -0.3 is 19.5 Å². The fourth-order valence-corrected chi connectivity index (χ4v) is 3.94. The van der Waals surface area contributed by atoms with Crippen LogP contribution in [-0.4, -0.2) is 64.0 Å². The van der Waals surface area contributed by atoms with Crippen molar-refractivity contribution in [3.63, 3.8) is 0 Å². The Balaban J connectivity index is 0.00000204. The number of aryl methyl sites for hydroxylation is 2. The number of imidazole rings is 1. The SMILES string of the molecule is CC(=O)N1CCN(Cc2nc3cc(NC(=O)COc4cccc(C)c4)ccc3n2C)CC1.Cl.Cl. The fourth-order valence-electron chi connectivity index (χ4n) is 3.94. The Hall–Kier alpha value is -2.81. The van der Waals surface area contributed by atoms with Gasteiger partial charge in [-0.15, -0.1) is 24.8 Å². The second kappa shape index (κ2) is 12.1. The molecule has 1 fully saturated rings. The van der Waals surface area contributed by atoms with Gasteiger partial charge in [0.15, 0.2) is 6.61 Å². The second-order valence-electron chi connectivity index (χ2n) is 8.23. The topological polar surface area (TPSA) is 79.7 Å². The highest BCUT2D eigenvalue weighted by Crippen LogP contribution is 2.21. The number of nitrogens with zero attached hydrogens (tertiary/aromatic N) is 4. The van der Waals surface area contributed by atoms with E-state index in [2.05, 4.69) is 14.8 Å². The van der Waals surface area contributed by atoms with E-state index in [1.54, 1.807) is 6.92 Å². The van der Waals surface area contributed by atoms with Crippen molar-refractivity contribution in [2.75, 3.05) is 38.1 Å². The van der Waals surface area contributed by atoms with Crippen LogP contribution in [-0.2, 0) is 23.2 Å². The van der Waals surface area contributed by atoms with Crippen LogP contribution in [0.25, 0.3) is 11.0 Å². The van der Waals surface area contributed by atoms with Crippen LogP contribution in [0.4, 0.5) is 5.69 Å². The van der Waals surface area contributed by atoms with Crippen LogP contribution in [0, 0.1) is 6.92 Å². The largest absolute Gasteiger partial charge is 0.484 e. The lowest BCUT2D eigenvalue weighted by Crippen LogP contribution is -2.47. The molecule has 10 heteroatoms. The number of nitrogens with one attached hydrogen (secondary N) is 1. The average molecular weight is 508 g/mol. The van der Waals surface area contributed by atoms with Crippen LogP contribution in [0.5, 0.6) is 5.75 Å². The maximum Gasteiger partial charge on any atom is 0.262 e. The zero-order valence-corrected chi connectivity index (χ0v) is 21.2. The van der Waals surface area contributed by atoms with Crippen LogP contribution in [0.3, 0.4) is 0 Å². The molecule has 1 aliphatic rings. The molecule has 1 aliphatic heterocycles. The quantitative estimate of drug-likeness (QED) is 0.552. The molecule has 2 amide bonds. The molecule has 0 atom stereocenters. The Kier molecular flexibility index (Phi) is 9.73. The van der Waals surface area contributed by atoms with E-state index in [9.17, 15) is 9.59 Å². The number of hydrogen-bond donors (Lipinski definition) is 1. The zero-order valence-electron chi connectivity index (χ0n) is 19.6. The van der Waals surface area contributed by atoms with E-state index in [-0.39, 0.29) is 43.2 Å². The van der Waals surface area contributed by atoms with E-state index in [1.807, 2.05) is 61.3 Å². The molecule has 2 heterocycles. The summed E-state index contributed by atoms with van der Waals surface area (Å²) >= 11 is 0. The van der Waals surface area contributed by atoms with Gasteiger partial charge in [0.1, 0.15) is 11.6 Å². The van der Waals surface area contributed by atoms with Crippen molar-refractivity contribution >= 4 is 53.3 Å². The highest BCUT2D eigenvalue weighted by atomic mass is 35.5. The number of piperazine rings is 1. The number of rotatable bonds is 6. The molecule has 3 aromatic rings. The van der Waals surface area contributed by atoms with Gasteiger partial charge >= 0.3 is 0 Å². The zero-order chi connectivity index (χ0) is 22.7. The van der Waals surface area contributed by atoms with Crippen molar-refractivity contribution in [3.05, 3.63) is 53.9 Å². The van der Waals surface area contributed by atoms with E-state index in [1.165, 1.54) is 0 Å². The Morgan fingerprint density at radius 3 is 2.47 bits per heavy atom. The molecule has 0 unspecified atom stereocenters. The molecule has 0 spiro atoms. The van der Waals surface area contributed by atoms with E-state index >= 15 is 0 Å². The van der Waals surface area contributed by atoms with Gasteiger partial charge in [0.05, 0.1) is 17.6 Å². The number of aromatic nitrogens is 2. The third-order valence-corrected chi connectivity index (χ3v) is 5.80. The summed E-state index contributed by atoms with van der Waals surface area (Å²) < 4.78 is 7.66. The van der Waals surface area contributed by atoms with Gasteiger partial charge in [0, 0.05) is 45.8 Å². The summed E-state index contributed by atoms with van der Waals surface area (Å²) in [5.41, 5.74) is 3.62. The predicted octanol–water partition coefficient (Wildman–Crippen LogP) is 3.41. The first kappa shape index (κ1) is 27.4. The number of carbonyl (C=O) groups excluding carboxylic acids is 2. The first-order chi connectivity index (χ1) is 15.4.